The Labute approximate surface area is 101 Å². The van der Waals surface area contributed by atoms with Gasteiger partial charge in [0.05, 0.1) is 12.1 Å². The van der Waals surface area contributed by atoms with Crippen molar-refractivity contribution in [1.29, 1.82) is 0 Å². The second kappa shape index (κ2) is 4.86. The lowest BCUT2D eigenvalue weighted by molar-refractivity contribution is -0.0435. The molecule has 3 heteroatoms. The molecule has 0 radical (unpaired) electrons. The molecule has 1 unspecified atom stereocenters. The molecular weight excluding hydrogens is 218 g/mol. The number of hydroxylamine groups is 1. The Hall–Kier alpha value is -0.380. The molecule has 1 N–H and O–H groups in total. The molecule has 0 aromatic carbocycles. The van der Waals surface area contributed by atoms with Gasteiger partial charge in [0.25, 0.3) is 0 Å². The van der Waals surface area contributed by atoms with Crippen LogP contribution >= 0.6 is 11.3 Å². The number of hydrogen-bond acceptors (Lipinski definition) is 3. The number of hydrogen-bond donors (Lipinski definition) is 1. The van der Waals surface area contributed by atoms with Gasteiger partial charge >= 0.3 is 0 Å². The minimum Gasteiger partial charge on any atom is -0.298 e. The van der Waals surface area contributed by atoms with Crippen molar-refractivity contribution in [2.75, 3.05) is 0 Å². The third kappa shape index (κ3) is 2.17. The van der Waals surface area contributed by atoms with E-state index in [0.29, 0.717) is 12.1 Å². The number of nitrogens with one attached hydrogen (secondary N) is 1. The van der Waals surface area contributed by atoms with E-state index in [-0.39, 0.29) is 0 Å². The Morgan fingerprint density at radius 1 is 1.19 bits per heavy atom. The van der Waals surface area contributed by atoms with E-state index in [1.54, 1.807) is 4.88 Å². The van der Waals surface area contributed by atoms with E-state index >= 15 is 0 Å². The molecule has 0 saturated heterocycles. The maximum absolute atomic E-state index is 5.82. The van der Waals surface area contributed by atoms with Crippen LogP contribution in [0.4, 0.5) is 0 Å². The molecule has 0 spiro atoms. The van der Waals surface area contributed by atoms with Gasteiger partial charge in [-0.25, -0.2) is 0 Å². The van der Waals surface area contributed by atoms with Crippen LogP contribution in [0, 0.1) is 0 Å². The van der Waals surface area contributed by atoms with Gasteiger partial charge in [-0.1, -0.05) is 12.8 Å². The number of thiophene rings is 1. The van der Waals surface area contributed by atoms with E-state index in [0.717, 1.165) is 0 Å². The summed E-state index contributed by atoms with van der Waals surface area (Å²) in [5.41, 5.74) is 4.79. The van der Waals surface area contributed by atoms with Crippen molar-refractivity contribution < 1.29 is 4.84 Å². The van der Waals surface area contributed by atoms with Gasteiger partial charge in [0.1, 0.15) is 0 Å². The Morgan fingerprint density at radius 3 is 2.94 bits per heavy atom. The Kier molecular flexibility index (Phi) is 3.27. The van der Waals surface area contributed by atoms with Gasteiger partial charge in [-0.05, 0) is 49.1 Å². The van der Waals surface area contributed by atoms with Crippen LogP contribution in [-0.4, -0.2) is 6.10 Å². The van der Waals surface area contributed by atoms with Crippen LogP contribution in [0.15, 0.2) is 11.4 Å². The van der Waals surface area contributed by atoms with Gasteiger partial charge in [-0.15, -0.1) is 11.3 Å². The minimum absolute atomic E-state index is 0.440. The average molecular weight is 237 g/mol. The summed E-state index contributed by atoms with van der Waals surface area (Å²) in [7, 11) is 0. The molecule has 2 nitrogen and oxygen atoms in total. The Balaban J connectivity index is 1.59. The number of aryl methyl sites for hydroxylation is 1. The van der Waals surface area contributed by atoms with Crippen molar-refractivity contribution in [1.82, 2.24) is 5.48 Å². The van der Waals surface area contributed by atoms with Crippen LogP contribution in [0.2, 0.25) is 0 Å². The molecule has 1 saturated carbocycles. The molecule has 2 aliphatic rings. The van der Waals surface area contributed by atoms with Gasteiger partial charge in [0, 0.05) is 4.88 Å². The fourth-order valence-electron chi connectivity index (χ4n) is 2.79. The normalized spacial score (nSPS) is 25.9. The van der Waals surface area contributed by atoms with Crippen molar-refractivity contribution in [2.45, 2.75) is 57.1 Å². The summed E-state index contributed by atoms with van der Waals surface area (Å²) in [6.45, 7) is 0. The predicted octanol–water partition coefficient (Wildman–Crippen LogP) is 3.59. The lowest BCUT2D eigenvalue weighted by atomic mass is 9.95. The topological polar surface area (TPSA) is 21.3 Å². The van der Waals surface area contributed by atoms with E-state index in [4.69, 9.17) is 4.84 Å². The zero-order valence-corrected chi connectivity index (χ0v) is 10.4. The molecule has 1 aromatic rings. The van der Waals surface area contributed by atoms with Crippen molar-refractivity contribution in [3.8, 4) is 0 Å². The van der Waals surface area contributed by atoms with Gasteiger partial charge < -0.3 is 0 Å². The predicted molar refractivity (Wildman–Crippen MR) is 66.5 cm³/mol. The summed E-state index contributed by atoms with van der Waals surface area (Å²) in [5.74, 6) is 0. The lowest BCUT2D eigenvalue weighted by Crippen LogP contribution is -2.28. The molecule has 1 heterocycles. The van der Waals surface area contributed by atoms with Crippen LogP contribution < -0.4 is 5.48 Å². The third-order valence-electron chi connectivity index (χ3n) is 3.73. The van der Waals surface area contributed by atoms with E-state index in [9.17, 15) is 0 Å². The summed E-state index contributed by atoms with van der Waals surface area (Å²) < 4.78 is 0. The minimum atomic E-state index is 0.440. The van der Waals surface area contributed by atoms with Crippen molar-refractivity contribution >= 4 is 11.3 Å². The van der Waals surface area contributed by atoms with Crippen LogP contribution in [0.25, 0.3) is 0 Å². The van der Waals surface area contributed by atoms with E-state index in [1.165, 1.54) is 50.5 Å². The third-order valence-corrected chi connectivity index (χ3v) is 4.73. The number of fused-ring (bicyclic) bond motifs is 1. The lowest BCUT2D eigenvalue weighted by Gasteiger charge is -2.25. The highest BCUT2D eigenvalue weighted by Gasteiger charge is 2.23. The van der Waals surface area contributed by atoms with Crippen LogP contribution in [-0.2, 0) is 11.3 Å². The highest BCUT2D eigenvalue weighted by atomic mass is 32.1. The fourth-order valence-corrected chi connectivity index (χ4v) is 3.78. The van der Waals surface area contributed by atoms with Crippen LogP contribution in [0.3, 0.4) is 0 Å². The summed E-state index contributed by atoms with van der Waals surface area (Å²) in [4.78, 5) is 7.38. The molecule has 1 fully saturated rings. The van der Waals surface area contributed by atoms with Gasteiger partial charge in [-0.2, -0.15) is 5.48 Å². The summed E-state index contributed by atoms with van der Waals surface area (Å²) in [5, 5.41) is 2.21. The van der Waals surface area contributed by atoms with Gasteiger partial charge in [0.15, 0.2) is 0 Å². The maximum Gasteiger partial charge on any atom is 0.0790 e. The molecular formula is C13H19NOS. The highest BCUT2D eigenvalue weighted by Crippen LogP contribution is 2.33. The summed E-state index contributed by atoms with van der Waals surface area (Å²) >= 11 is 1.89. The van der Waals surface area contributed by atoms with Gasteiger partial charge in [0.2, 0.25) is 0 Å². The largest absolute Gasteiger partial charge is 0.298 e. The van der Waals surface area contributed by atoms with Gasteiger partial charge in [-0.3, -0.25) is 4.84 Å². The standard InChI is InChI=1S/C13H19NOS/c1-2-5-10(4-1)15-14-12-6-3-7-13-11(12)8-9-16-13/h8-10,12,14H,1-7H2. The Bertz CT molecular complexity index is 343. The van der Waals surface area contributed by atoms with E-state index < -0.39 is 0 Å². The molecule has 1 aromatic heterocycles. The van der Waals surface area contributed by atoms with Crippen molar-refractivity contribution in [3.05, 3.63) is 21.9 Å². The SMILES string of the molecule is c1cc2c(s1)CCCC2NOC1CCCC1. The second-order valence-corrected chi connectivity index (χ2v) is 5.89. The summed E-state index contributed by atoms with van der Waals surface area (Å²) in [6, 6.07) is 2.70. The molecule has 0 bridgehead atoms. The van der Waals surface area contributed by atoms with E-state index in [2.05, 4.69) is 16.9 Å². The first-order valence-electron chi connectivity index (χ1n) is 6.41. The second-order valence-electron chi connectivity index (χ2n) is 4.89. The Morgan fingerprint density at radius 2 is 2.06 bits per heavy atom. The van der Waals surface area contributed by atoms with Crippen LogP contribution in [0.5, 0.6) is 0 Å². The van der Waals surface area contributed by atoms with Crippen molar-refractivity contribution in [3.63, 3.8) is 0 Å². The first-order chi connectivity index (χ1) is 7.93. The first-order valence-corrected chi connectivity index (χ1v) is 7.29. The number of rotatable bonds is 3. The smallest absolute Gasteiger partial charge is 0.0790 e. The first kappa shape index (κ1) is 10.8. The summed E-state index contributed by atoms with van der Waals surface area (Å²) in [6.07, 6.45) is 9.36. The molecule has 0 amide bonds. The fraction of sp³-hybridized carbons (Fsp3) is 0.692. The monoisotopic (exact) mass is 237 g/mol. The van der Waals surface area contributed by atoms with E-state index in [1.807, 2.05) is 11.3 Å². The zero-order chi connectivity index (χ0) is 10.8. The molecule has 0 aliphatic heterocycles. The van der Waals surface area contributed by atoms with Crippen molar-refractivity contribution in [2.24, 2.45) is 0 Å². The zero-order valence-electron chi connectivity index (χ0n) is 9.58. The quantitative estimate of drug-likeness (QED) is 0.811. The highest BCUT2D eigenvalue weighted by molar-refractivity contribution is 7.10. The maximum atomic E-state index is 5.82. The van der Waals surface area contributed by atoms with Crippen LogP contribution in [0.1, 0.15) is 55.0 Å². The average Bonchev–Trinajstić information content (AvgIpc) is 2.97. The molecule has 88 valence electrons. The molecule has 16 heavy (non-hydrogen) atoms. The molecule has 2 aliphatic carbocycles. The molecule has 3 rings (SSSR count). The molecule has 1 atom stereocenters.